The molecule has 1 fully saturated rings. The number of anilines is 1. The van der Waals surface area contributed by atoms with Crippen LogP contribution in [0, 0.1) is 5.82 Å². The highest BCUT2D eigenvalue weighted by Gasteiger charge is 2.21. The third-order valence-electron chi connectivity index (χ3n) is 5.11. The zero-order chi connectivity index (χ0) is 20.6. The number of methoxy groups -OCH3 is 2. The Balaban J connectivity index is 0.00000320. The first-order valence-electron chi connectivity index (χ1n) is 9.81. The number of benzene rings is 2. The van der Waals surface area contributed by atoms with E-state index in [2.05, 4.69) is 20.5 Å². The van der Waals surface area contributed by atoms with E-state index in [4.69, 9.17) is 9.47 Å². The molecule has 30 heavy (non-hydrogen) atoms. The van der Waals surface area contributed by atoms with Crippen molar-refractivity contribution in [1.82, 2.24) is 10.6 Å². The summed E-state index contributed by atoms with van der Waals surface area (Å²) in [6, 6.07) is 12.9. The molecule has 0 atom stereocenters. The maximum atomic E-state index is 13.3. The van der Waals surface area contributed by atoms with Gasteiger partial charge in [0.25, 0.3) is 0 Å². The summed E-state index contributed by atoms with van der Waals surface area (Å²) in [5, 5.41) is 6.74. The van der Waals surface area contributed by atoms with Gasteiger partial charge in [0.2, 0.25) is 0 Å². The zero-order valence-corrected chi connectivity index (χ0v) is 20.0. The van der Waals surface area contributed by atoms with E-state index in [0.29, 0.717) is 12.6 Å². The van der Waals surface area contributed by atoms with Crippen molar-refractivity contribution in [2.45, 2.75) is 25.4 Å². The van der Waals surface area contributed by atoms with Crippen LogP contribution in [0.5, 0.6) is 11.5 Å². The molecule has 0 spiro atoms. The number of piperidine rings is 1. The molecule has 0 amide bonds. The van der Waals surface area contributed by atoms with Crippen LogP contribution in [0.2, 0.25) is 0 Å². The topological polar surface area (TPSA) is 58.1 Å². The van der Waals surface area contributed by atoms with Crippen LogP contribution >= 0.6 is 24.0 Å². The zero-order valence-electron chi connectivity index (χ0n) is 17.7. The van der Waals surface area contributed by atoms with Gasteiger partial charge in [-0.2, -0.15) is 0 Å². The Morgan fingerprint density at radius 3 is 2.33 bits per heavy atom. The normalized spacial score (nSPS) is 14.7. The second-order valence-corrected chi connectivity index (χ2v) is 7.03. The summed E-state index contributed by atoms with van der Waals surface area (Å²) >= 11 is 0. The number of aliphatic imine (C=N–C) groups is 1. The lowest BCUT2D eigenvalue weighted by Crippen LogP contribution is -2.48. The van der Waals surface area contributed by atoms with Gasteiger partial charge in [0, 0.05) is 56.6 Å². The molecule has 0 unspecified atom stereocenters. The maximum absolute atomic E-state index is 13.3. The summed E-state index contributed by atoms with van der Waals surface area (Å²) in [5.41, 5.74) is 1.99. The molecule has 0 aromatic heterocycles. The van der Waals surface area contributed by atoms with Crippen molar-refractivity contribution < 1.29 is 13.9 Å². The molecule has 0 aliphatic carbocycles. The molecule has 1 heterocycles. The van der Waals surface area contributed by atoms with E-state index < -0.39 is 0 Å². The van der Waals surface area contributed by atoms with Crippen molar-refractivity contribution in [3.8, 4) is 11.5 Å². The van der Waals surface area contributed by atoms with Gasteiger partial charge in [-0.15, -0.1) is 24.0 Å². The van der Waals surface area contributed by atoms with E-state index in [1.165, 1.54) is 12.1 Å². The SMILES string of the molecule is CN=C(NCc1cccc(F)c1)NC1CCN(c2cc(OC)cc(OC)c2)CC1.I. The van der Waals surface area contributed by atoms with Crippen LogP contribution in [0.1, 0.15) is 18.4 Å². The largest absolute Gasteiger partial charge is 0.497 e. The second-order valence-electron chi connectivity index (χ2n) is 7.03. The molecular weight excluding hydrogens is 498 g/mol. The number of rotatable bonds is 6. The third-order valence-corrected chi connectivity index (χ3v) is 5.11. The average molecular weight is 528 g/mol. The Morgan fingerprint density at radius 2 is 1.77 bits per heavy atom. The smallest absolute Gasteiger partial charge is 0.191 e. The Bertz CT molecular complexity index is 819. The maximum Gasteiger partial charge on any atom is 0.191 e. The quantitative estimate of drug-likeness (QED) is 0.340. The Kier molecular flexibility index (Phi) is 9.48. The minimum absolute atomic E-state index is 0. The fraction of sp³-hybridized carbons (Fsp3) is 0.409. The van der Waals surface area contributed by atoms with E-state index in [-0.39, 0.29) is 29.8 Å². The molecule has 2 aromatic rings. The van der Waals surface area contributed by atoms with Gasteiger partial charge in [-0.1, -0.05) is 12.1 Å². The molecule has 2 aromatic carbocycles. The van der Waals surface area contributed by atoms with Gasteiger partial charge < -0.3 is 25.0 Å². The number of hydrogen-bond donors (Lipinski definition) is 2. The summed E-state index contributed by atoms with van der Waals surface area (Å²) in [7, 11) is 5.08. The average Bonchev–Trinajstić information content (AvgIpc) is 2.76. The minimum Gasteiger partial charge on any atom is -0.497 e. The van der Waals surface area contributed by atoms with Gasteiger partial charge >= 0.3 is 0 Å². The van der Waals surface area contributed by atoms with Crippen molar-refractivity contribution >= 4 is 35.6 Å². The molecular formula is C22H30FIN4O2. The highest BCUT2D eigenvalue weighted by molar-refractivity contribution is 14.0. The van der Waals surface area contributed by atoms with Crippen LogP contribution in [0.4, 0.5) is 10.1 Å². The summed E-state index contributed by atoms with van der Waals surface area (Å²) < 4.78 is 24.1. The number of hydrogen-bond acceptors (Lipinski definition) is 4. The highest BCUT2D eigenvalue weighted by Crippen LogP contribution is 2.30. The summed E-state index contributed by atoms with van der Waals surface area (Å²) in [5.74, 6) is 2.09. The summed E-state index contributed by atoms with van der Waals surface area (Å²) in [6.45, 7) is 2.38. The number of nitrogens with zero attached hydrogens (tertiary/aromatic N) is 2. The van der Waals surface area contributed by atoms with Crippen molar-refractivity contribution in [1.29, 1.82) is 0 Å². The predicted molar refractivity (Wildman–Crippen MR) is 130 cm³/mol. The minimum atomic E-state index is -0.228. The van der Waals surface area contributed by atoms with E-state index >= 15 is 0 Å². The van der Waals surface area contributed by atoms with Crippen LogP contribution in [0.25, 0.3) is 0 Å². The van der Waals surface area contributed by atoms with Crippen molar-refractivity contribution in [2.24, 2.45) is 4.99 Å². The highest BCUT2D eigenvalue weighted by atomic mass is 127. The van der Waals surface area contributed by atoms with Crippen molar-refractivity contribution in [2.75, 3.05) is 39.3 Å². The van der Waals surface area contributed by atoms with Gasteiger partial charge in [0.05, 0.1) is 14.2 Å². The molecule has 0 saturated carbocycles. The van der Waals surface area contributed by atoms with Gasteiger partial charge in [-0.3, -0.25) is 4.99 Å². The van der Waals surface area contributed by atoms with E-state index in [1.807, 2.05) is 24.3 Å². The first-order valence-corrected chi connectivity index (χ1v) is 9.81. The van der Waals surface area contributed by atoms with Crippen molar-refractivity contribution in [3.05, 3.63) is 53.8 Å². The monoisotopic (exact) mass is 528 g/mol. The van der Waals surface area contributed by atoms with E-state index in [9.17, 15) is 4.39 Å². The Morgan fingerprint density at radius 1 is 1.10 bits per heavy atom. The molecule has 1 saturated heterocycles. The first kappa shape index (κ1) is 24.0. The van der Waals surface area contributed by atoms with Crippen molar-refractivity contribution in [3.63, 3.8) is 0 Å². The lowest BCUT2D eigenvalue weighted by Gasteiger charge is -2.34. The molecule has 2 N–H and O–H groups in total. The standard InChI is InChI=1S/C22H29FN4O2.HI/c1-24-22(25-15-16-5-4-6-17(23)11-16)26-18-7-9-27(10-8-18)19-12-20(28-2)14-21(13-19)29-3;/h4-6,11-14,18H,7-10,15H2,1-3H3,(H2,24,25,26);1H. The fourth-order valence-electron chi connectivity index (χ4n) is 3.48. The molecule has 164 valence electrons. The van der Waals surface area contributed by atoms with Gasteiger partial charge in [-0.25, -0.2) is 4.39 Å². The molecule has 1 aliphatic rings. The summed E-state index contributed by atoms with van der Waals surface area (Å²) in [6.07, 6.45) is 1.97. The third kappa shape index (κ3) is 6.65. The van der Waals surface area contributed by atoms with Crippen LogP contribution in [0.15, 0.2) is 47.5 Å². The lowest BCUT2D eigenvalue weighted by molar-refractivity contribution is 0.393. The fourth-order valence-corrected chi connectivity index (χ4v) is 3.48. The molecule has 3 rings (SSSR count). The summed E-state index contributed by atoms with van der Waals surface area (Å²) in [4.78, 5) is 6.64. The number of guanidine groups is 1. The molecule has 8 heteroatoms. The number of halogens is 2. The first-order chi connectivity index (χ1) is 14.1. The lowest BCUT2D eigenvalue weighted by atomic mass is 10.0. The van der Waals surface area contributed by atoms with Gasteiger partial charge in [0.1, 0.15) is 17.3 Å². The molecule has 1 aliphatic heterocycles. The number of nitrogens with one attached hydrogen (secondary N) is 2. The van der Waals surface area contributed by atoms with Crippen LogP contribution < -0.4 is 25.0 Å². The van der Waals surface area contributed by atoms with Gasteiger partial charge in [0.15, 0.2) is 5.96 Å². The molecule has 0 radical (unpaired) electrons. The second kappa shape index (κ2) is 11.8. The van der Waals surface area contributed by atoms with Crippen LogP contribution in [-0.2, 0) is 6.54 Å². The van der Waals surface area contributed by atoms with E-state index in [1.54, 1.807) is 27.3 Å². The molecule has 6 nitrogen and oxygen atoms in total. The van der Waals surface area contributed by atoms with Gasteiger partial charge in [-0.05, 0) is 30.5 Å². The number of ether oxygens (including phenoxy) is 2. The predicted octanol–water partition coefficient (Wildman–Crippen LogP) is 3.79. The van der Waals surface area contributed by atoms with Crippen LogP contribution in [0.3, 0.4) is 0 Å². The van der Waals surface area contributed by atoms with Crippen LogP contribution in [-0.4, -0.2) is 46.4 Å². The Hall–Kier alpha value is -2.23. The van der Waals surface area contributed by atoms with E-state index in [0.717, 1.165) is 54.6 Å². The Labute approximate surface area is 194 Å². The molecule has 0 bridgehead atoms.